The third kappa shape index (κ3) is 13.6. The van der Waals surface area contributed by atoms with E-state index in [1.54, 1.807) is 35.2 Å². The highest BCUT2D eigenvalue weighted by molar-refractivity contribution is 5.89. The van der Waals surface area contributed by atoms with Crippen molar-refractivity contribution < 1.29 is 52.4 Å². The van der Waals surface area contributed by atoms with Crippen molar-refractivity contribution in [3.05, 3.63) is 35.9 Å². The number of carboxylic acid groups (broad SMARTS) is 3. The van der Waals surface area contributed by atoms with E-state index in [1.807, 2.05) is 0 Å². The number of halogens is 3. The quantitative estimate of drug-likeness (QED) is 0.480. The SMILES string of the molecule is O=C(O)C(F)(F)F.O=C(O)CCN(CCOC(=O)c1ccccc1)CCC(=O)O. The molecule has 0 aliphatic heterocycles. The summed E-state index contributed by atoms with van der Waals surface area (Å²) >= 11 is 0. The molecule has 0 aliphatic rings. The fourth-order valence-corrected chi connectivity index (χ4v) is 1.77. The molecule has 0 aromatic heterocycles. The largest absolute Gasteiger partial charge is 0.490 e. The third-order valence-corrected chi connectivity index (χ3v) is 3.18. The second kappa shape index (κ2) is 13.1. The Balaban J connectivity index is 0.000000956. The molecule has 1 aromatic rings. The van der Waals surface area contributed by atoms with Crippen molar-refractivity contribution in [1.82, 2.24) is 4.90 Å². The summed E-state index contributed by atoms with van der Waals surface area (Å²) in [6.45, 7) is 0.795. The van der Waals surface area contributed by atoms with E-state index in [-0.39, 0.29) is 32.5 Å². The van der Waals surface area contributed by atoms with Crippen molar-refractivity contribution in [3.63, 3.8) is 0 Å². The van der Waals surface area contributed by atoms with Crippen LogP contribution in [-0.2, 0) is 19.1 Å². The highest BCUT2D eigenvalue weighted by Gasteiger charge is 2.38. The van der Waals surface area contributed by atoms with Crippen molar-refractivity contribution in [2.24, 2.45) is 0 Å². The second-order valence-corrected chi connectivity index (χ2v) is 5.43. The normalized spacial score (nSPS) is 10.6. The molecular formula is C17H20F3NO8. The highest BCUT2D eigenvalue weighted by atomic mass is 19.4. The Labute approximate surface area is 163 Å². The van der Waals surface area contributed by atoms with Gasteiger partial charge in [-0.3, -0.25) is 14.5 Å². The number of hydrogen-bond donors (Lipinski definition) is 3. The van der Waals surface area contributed by atoms with Crippen LogP contribution in [0.5, 0.6) is 0 Å². The van der Waals surface area contributed by atoms with Crippen LogP contribution in [0.25, 0.3) is 0 Å². The van der Waals surface area contributed by atoms with Gasteiger partial charge in [0.15, 0.2) is 0 Å². The van der Waals surface area contributed by atoms with Gasteiger partial charge in [-0.25, -0.2) is 9.59 Å². The van der Waals surface area contributed by atoms with Crippen LogP contribution >= 0.6 is 0 Å². The summed E-state index contributed by atoms with van der Waals surface area (Å²) in [7, 11) is 0. The average Bonchev–Trinajstić information content (AvgIpc) is 2.63. The zero-order valence-electron chi connectivity index (χ0n) is 15.1. The highest BCUT2D eigenvalue weighted by Crippen LogP contribution is 2.13. The summed E-state index contributed by atoms with van der Waals surface area (Å²) in [5.41, 5.74) is 0.435. The predicted molar refractivity (Wildman–Crippen MR) is 91.4 cm³/mol. The Kier molecular flexibility index (Phi) is 11.7. The smallest absolute Gasteiger partial charge is 0.481 e. The number of rotatable bonds is 10. The molecule has 0 radical (unpaired) electrons. The molecule has 162 valence electrons. The number of alkyl halides is 3. The van der Waals surface area contributed by atoms with E-state index >= 15 is 0 Å². The molecule has 0 spiro atoms. The first-order valence-corrected chi connectivity index (χ1v) is 8.11. The lowest BCUT2D eigenvalue weighted by Crippen LogP contribution is -2.32. The number of aliphatic carboxylic acids is 3. The van der Waals surface area contributed by atoms with Gasteiger partial charge in [-0.1, -0.05) is 18.2 Å². The maximum absolute atomic E-state index is 11.7. The minimum atomic E-state index is -5.08. The third-order valence-electron chi connectivity index (χ3n) is 3.18. The molecular weight excluding hydrogens is 403 g/mol. The molecule has 0 saturated carbocycles. The maximum atomic E-state index is 11.7. The fraction of sp³-hybridized carbons (Fsp3) is 0.412. The number of carbonyl (C=O) groups excluding carboxylic acids is 1. The summed E-state index contributed by atoms with van der Waals surface area (Å²) in [5.74, 6) is -5.13. The topological polar surface area (TPSA) is 141 Å². The van der Waals surface area contributed by atoms with Crippen molar-refractivity contribution in [2.45, 2.75) is 19.0 Å². The molecule has 0 atom stereocenters. The molecule has 0 unspecified atom stereocenters. The Morgan fingerprint density at radius 1 is 0.862 bits per heavy atom. The standard InChI is InChI=1S/C15H19NO6.C2HF3O2/c17-13(18)6-8-16(9-7-14(19)20)10-11-22-15(21)12-4-2-1-3-5-12;3-2(4,5)1(6)7/h1-5H,6-11H2,(H,17,18)(H,19,20);(H,6,7). The van der Waals surface area contributed by atoms with E-state index in [2.05, 4.69) is 0 Å². The zero-order chi connectivity index (χ0) is 22.4. The van der Waals surface area contributed by atoms with E-state index in [0.717, 1.165) is 0 Å². The zero-order valence-corrected chi connectivity index (χ0v) is 15.1. The van der Waals surface area contributed by atoms with Crippen LogP contribution in [-0.4, -0.2) is 76.5 Å². The number of benzene rings is 1. The van der Waals surface area contributed by atoms with Gasteiger partial charge < -0.3 is 20.1 Å². The van der Waals surface area contributed by atoms with Crippen LogP contribution in [0.4, 0.5) is 13.2 Å². The van der Waals surface area contributed by atoms with Gasteiger partial charge in [0, 0.05) is 19.6 Å². The molecule has 1 aromatic carbocycles. The minimum absolute atomic E-state index is 0.0764. The molecule has 12 heteroatoms. The van der Waals surface area contributed by atoms with Crippen molar-refractivity contribution >= 4 is 23.9 Å². The second-order valence-electron chi connectivity index (χ2n) is 5.43. The minimum Gasteiger partial charge on any atom is -0.481 e. The van der Waals surface area contributed by atoms with Gasteiger partial charge in [-0.15, -0.1) is 0 Å². The van der Waals surface area contributed by atoms with E-state index in [1.165, 1.54) is 0 Å². The molecule has 9 nitrogen and oxygen atoms in total. The van der Waals surface area contributed by atoms with Gasteiger partial charge in [-0.2, -0.15) is 13.2 Å². The van der Waals surface area contributed by atoms with E-state index < -0.39 is 30.1 Å². The number of ether oxygens (including phenoxy) is 1. The van der Waals surface area contributed by atoms with Crippen LogP contribution in [0.3, 0.4) is 0 Å². The Morgan fingerprint density at radius 3 is 1.69 bits per heavy atom. The first-order chi connectivity index (χ1) is 13.4. The molecule has 29 heavy (non-hydrogen) atoms. The molecule has 0 amide bonds. The lowest BCUT2D eigenvalue weighted by molar-refractivity contribution is -0.192. The number of carboxylic acids is 3. The lowest BCUT2D eigenvalue weighted by Gasteiger charge is -2.20. The van der Waals surface area contributed by atoms with Crippen LogP contribution < -0.4 is 0 Å². The van der Waals surface area contributed by atoms with E-state index in [9.17, 15) is 27.6 Å². The van der Waals surface area contributed by atoms with Crippen LogP contribution in [0, 0.1) is 0 Å². The van der Waals surface area contributed by atoms with Gasteiger partial charge in [0.1, 0.15) is 6.61 Å². The molecule has 3 N–H and O–H groups in total. The van der Waals surface area contributed by atoms with Crippen molar-refractivity contribution in [1.29, 1.82) is 0 Å². The lowest BCUT2D eigenvalue weighted by atomic mass is 10.2. The van der Waals surface area contributed by atoms with Gasteiger partial charge in [-0.05, 0) is 12.1 Å². The van der Waals surface area contributed by atoms with Gasteiger partial charge in [0.05, 0.1) is 18.4 Å². The first kappa shape index (κ1) is 25.9. The van der Waals surface area contributed by atoms with E-state index in [0.29, 0.717) is 12.1 Å². The molecule has 1 rings (SSSR count). The molecule has 0 fully saturated rings. The number of nitrogens with zero attached hydrogens (tertiary/aromatic N) is 1. The summed E-state index contributed by atoms with van der Waals surface area (Å²) in [6, 6.07) is 8.51. The average molecular weight is 423 g/mol. The van der Waals surface area contributed by atoms with E-state index in [4.69, 9.17) is 24.9 Å². The summed E-state index contributed by atoms with van der Waals surface area (Å²) < 4.78 is 36.8. The van der Waals surface area contributed by atoms with Crippen molar-refractivity contribution in [2.75, 3.05) is 26.2 Å². The van der Waals surface area contributed by atoms with Crippen LogP contribution in [0.2, 0.25) is 0 Å². The Morgan fingerprint density at radius 2 is 1.31 bits per heavy atom. The van der Waals surface area contributed by atoms with Crippen LogP contribution in [0.1, 0.15) is 23.2 Å². The number of hydrogen-bond acceptors (Lipinski definition) is 6. The predicted octanol–water partition coefficient (Wildman–Crippen LogP) is 1.73. The van der Waals surface area contributed by atoms with Gasteiger partial charge in [0.25, 0.3) is 0 Å². The molecule has 0 heterocycles. The Hall–Kier alpha value is -3.15. The fourth-order valence-electron chi connectivity index (χ4n) is 1.77. The first-order valence-electron chi connectivity index (χ1n) is 8.11. The Bertz CT molecular complexity index is 661. The monoisotopic (exact) mass is 423 g/mol. The van der Waals surface area contributed by atoms with Crippen LogP contribution in [0.15, 0.2) is 30.3 Å². The molecule has 0 bridgehead atoms. The molecule has 0 saturated heterocycles. The number of carbonyl (C=O) groups is 4. The molecule has 0 aliphatic carbocycles. The summed E-state index contributed by atoms with van der Waals surface area (Å²) in [5, 5.41) is 24.5. The van der Waals surface area contributed by atoms with Gasteiger partial charge >= 0.3 is 30.1 Å². The number of esters is 1. The summed E-state index contributed by atoms with van der Waals surface area (Å²) in [6.07, 6.45) is -5.27. The maximum Gasteiger partial charge on any atom is 0.490 e. The summed E-state index contributed by atoms with van der Waals surface area (Å²) in [4.78, 5) is 43.4. The van der Waals surface area contributed by atoms with Gasteiger partial charge in [0.2, 0.25) is 0 Å². The van der Waals surface area contributed by atoms with Crippen molar-refractivity contribution in [3.8, 4) is 0 Å².